The highest BCUT2D eigenvalue weighted by molar-refractivity contribution is 7.92. The van der Waals surface area contributed by atoms with Crippen LogP contribution in [0.4, 0.5) is 11.6 Å². The van der Waals surface area contributed by atoms with Crippen LogP contribution in [0.25, 0.3) is 22.2 Å². The van der Waals surface area contributed by atoms with Crippen LogP contribution in [0.2, 0.25) is 0 Å². The summed E-state index contributed by atoms with van der Waals surface area (Å²) < 4.78 is 37.0. The SMILES string of the molecule is CC(=O)Nc1cc2c(-c3nc(N(C)S(C)(=O)=O)cc4c3OCC(C)O4)c[nH]c2cn1. The largest absolute Gasteiger partial charge is 0.484 e. The van der Waals surface area contributed by atoms with Gasteiger partial charge in [-0.15, -0.1) is 0 Å². The van der Waals surface area contributed by atoms with E-state index in [4.69, 9.17) is 9.47 Å². The zero-order valence-electron chi connectivity index (χ0n) is 16.9. The van der Waals surface area contributed by atoms with Gasteiger partial charge >= 0.3 is 0 Å². The summed E-state index contributed by atoms with van der Waals surface area (Å²) in [5.74, 6) is 1.19. The van der Waals surface area contributed by atoms with E-state index in [-0.39, 0.29) is 17.8 Å². The number of amides is 1. The molecule has 30 heavy (non-hydrogen) atoms. The maximum atomic E-state index is 12.1. The van der Waals surface area contributed by atoms with E-state index < -0.39 is 10.0 Å². The normalized spacial score (nSPS) is 15.8. The number of fused-ring (bicyclic) bond motifs is 2. The van der Waals surface area contributed by atoms with Crippen molar-refractivity contribution >= 4 is 38.5 Å². The van der Waals surface area contributed by atoms with Gasteiger partial charge in [-0.1, -0.05) is 0 Å². The molecule has 3 aromatic rings. The quantitative estimate of drug-likeness (QED) is 0.648. The summed E-state index contributed by atoms with van der Waals surface area (Å²) in [7, 11) is -2.11. The summed E-state index contributed by atoms with van der Waals surface area (Å²) in [5.41, 5.74) is 1.81. The predicted octanol–water partition coefficient (Wildman–Crippen LogP) is 2.14. The number of aromatic nitrogens is 3. The Bertz CT molecular complexity index is 1250. The number of sulfonamides is 1. The molecule has 0 saturated heterocycles. The third-order valence-electron chi connectivity index (χ3n) is 4.66. The smallest absolute Gasteiger partial charge is 0.233 e. The molecule has 158 valence electrons. The lowest BCUT2D eigenvalue weighted by Crippen LogP contribution is -2.29. The minimum atomic E-state index is -3.54. The lowest BCUT2D eigenvalue weighted by atomic mass is 10.1. The zero-order valence-corrected chi connectivity index (χ0v) is 17.7. The molecular formula is C19H21N5O5S. The Morgan fingerprint density at radius 3 is 2.83 bits per heavy atom. The number of anilines is 2. The number of nitrogens with one attached hydrogen (secondary N) is 2. The Hall–Kier alpha value is -3.34. The minimum Gasteiger partial charge on any atom is -0.484 e. The molecule has 0 saturated carbocycles. The van der Waals surface area contributed by atoms with Crippen LogP contribution < -0.4 is 19.1 Å². The number of pyridine rings is 2. The first-order chi connectivity index (χ1) is 14.1. The van der Waals surface area contributed by atoms with E-state index in [1.54, 1.807) is 24.5 Å². The van der Waals surface area contributed by atoms with Gasteiger partial charge in [-0.2, -0.15) is 0 Å². The second kappa shape index (κ2) is 7.17. The lowest BCUT2D eigenvalue weighted by Gasteiger charge is -2.27. The lowest BCUT2D eigenvalue weighted by molar-refractivity contribution is -0.114. The van der Waals surface area contributed by atoms with E-state index >= 15 is 0 Å². The van der Waals surface area contributed by atoms with Gasteiger partial charge in [0.15, 0.2) is 11.5 Å². The maximum absolute atomic E-state index is 12.1. The van der Waals surface area contributed by atoms with Crippen LogP contribution >= 0.6 is 0 Å². The van der Waals surface area contributed by atoms with E-state index in [1.165, 1.54) is 14.0 Å². The number of hydrogen-bond donors (Lipinski definition) is 2. The van der Waals surface area contributed by atoms with Crippen molar-refractivity contribution in [2.45, 2.75) is 20.0 Å². The Labute approximate surface area is 173 Å². The Kier molecular flexibility index (Phi) is 4.77. The average Bonchev–Trinajstić information content (AvgIpc) is 3.08. The van der Waals surface area contributed by atoms with Crippen LogP contribution in [0.5, 0.6) is 11.5 Å². The fourth-order valence-electron chi connectivity index (χ4n) is 3.15. The highest BCUT2D eigenvalue weighted by Gasteiger charge is 2.27. The molecule has 0 aliphatic carbocycles. The Morgan fingerprint density at radius 2 is 2.13 bits per heavy atom. The molecule has 11 heteroatoms. The molecule has 1 unspecified atom stereocenters. The van der Waals surface area contributed by atoms with Crippen LogP contribution in [-0.4, -0.2) is 55.3 Å². The van der Waals surface area contributed by atoms with Gasteiger partial charge in [0.2, 0.25) is 15.9 Å². The van der Waals surface area contributed by atoms with Crippen LogP contribution in [0.3, 0.4) is 0 Å². The highest BCUT2D eigenvalue weighted by Crippen LogP contribution is 2.44. The van der Waals surface area contributed by atoms with Crippen LogP contribution in [0.1, 0.15) is 13.8 Å². The molecule has 4 heterocycles. The molecule has 1 atom stereocenters. The molecular weight excluding hydrogens is 410 g/mol. The number of nitrogens with zero attached hydrogens (tertiary/aromatic N) is 3. The topological polar surface area (TPSA) is 127 Å². The van der Waals surface area contributed by atoms with Crippen molar-refractivity contribution in [2.24, 2.45) is 0 Å². The van der Waals surface area contributed by atoms with Crippen LogP contribution in [0, 0.1) is 0 Å². The monoisotopic (exact) mass is 431 g/mol. The average molecular weight is 431 g/mol. The van der Waals surface area contributed by atoms with E-state index in [0.717, 1.165) is 21.5 Å². The standard InChI is InChI=1S/C19H21N5O5S/c1-10-9-28-19-15(29-10)6-17(24(3)30(4,26)27)23-18(19)13-7-20-14-8-21-16(5-12(13)14)22-11(2)25/h5-8,10,20H,9H2,1-4H3,(H,21,22,25). The number of hydrogen-bond acceptors (Lipinski definition) is 7. The fraction of sp³-hybridized carbons (Fsp3) is 0.316. The molecule has 0 fully saturated rings. The Morgan fingerprint density at radius 1 is 1.37 bits per heavy atom. The number of carbonyl (C=O) groups excluding carboxylic acids is 1. The number of aromatic amines is 1. The van der Waals surface area contributed by atoms with E-state index in [2.05, 4.69) is 20.3 Å². The summed E-state index contributed by atoms with van der Waals surface area (Å²) in [4.78, 5) is 23.3. The van der Waals surface area contributed by atoms with Gasteiger partial charge in [0.1, 0.15) is 30.0 Å². The maximum Gasteiger partial charge on any atom is 0.233 e. The summed E-state index contributed by atoms with van der Waals surface area (Å²) in [6.45, 7) is 3.60. The number of rotatable bonds is 4. The molecule has 1 aliphatic rings. The molecule has 0 spiro atoms. The van der Waals surface area contributed by atoms with E-state index in [9.17, 15) is 13.2 Å². The van der Waals surface area contributed by atoms with Crippen molar-refractivity contribution in [1.82, 2.24) is 15.0 Å². The first-order valence-corrected chi connectivity index (χ1v) is 11.0. The summed E-state index contributed by atoms with van der Waals surface area (Å²) in [6.07, 6.45) is 4.24. The third-order valence-corrected chi connectivity index (χ3v) is 5.84. The van der Waals surface area contributed by atoms with Crippen LogP contribution in [0.15, 0.2) is 24.5 Å². The van der Waals surface area contributed by atoms with Crippen molar-refractivity contribution in [3.05, 3.63) is 24.5 Å². The van der Waals surface area contributed by atoms with Crippen molar-refractivity contribution in [1.29, 1.82) is 0 Å². The van der Waals surface area contributed by atoms with Gasteiger partial charge < -0.3 is 19.8 Å². The fourth-order valence-corrected chi connectivity index (χ4v) is 3.59. The first-order valence-electron chi connectivity index (χ1n) is 9.17. The third kappa shape index (κ3) is 3.63. The number of H-pyrrole nitrogens is 1. The van der Waals surface area contributed by atoms with Crippen molar-refractivity contribution < 1.29 is 22.7 Å². The van der Waals surface area contributed by atoms with Gasteiger partial charge in [-0.3, -0.25) is 9.10 Å². The molecule has 0 aromatic carbocycles. The van der Waals surface area contributed by atoms with Gasteiger partial charge in [-0.05, 0) is 13.0 Å². The van der Waals surface area contributed by atoms with Gasteiger partial charge in [0.05, 0.1) is 18.0 Å². The minimum absolute atomic E-state index is 0.192. The van der Waals surface area contributed by atoms with Gasteiger partial charge in [0.25, 0.3) is 0 Å². The number of carbonyl (C=O) groups is 1. The van der Waals surface area contributed by atoms with E-state index in [1.807, 2.05) is 6.92 Å². The molecule has 10 nitrogen and oxygen atoms in total. The van der Waals surface area contributed by atoms with Gasteiger partial charge in [-0.25, -0.2) is 18.4 Å². The van der Waals surface area contributed by atoms with Gasteiger partial charge in [0, 0.05) is 37.2 Å². The zero-order chi connectivity index (χ0) is 21.6. The predicted molar refractivity (Wildman–Crippen MR) is 112 cm³/mol. The highest BCUT2D eigenvalue weighted by atomic mass is 32.2. The molecule has 0 radical (unpaired) electrons. The van der Waals surface area contributed by atoms with Crippen molar-refractivity contribution in [3.8, 4) is 22.8 Å². The number of ether oxygens (including phenoxy) is 2. The summed E-state index contributed by atoms with van der Waals surface area (Å²) in [5, 5.41) is 3.40. The van der Waals surface area contributed by atoms with Crippen LogP contribution in [-0.2, 0) is 14.8 Å². The van der Waals surface area contributed by atoms with Crippen molar-refractivity contribution in [3.63, 3.8) is 0 Å². The first kappa shape index (κ1) is 20.0. The van der Waals surface area contributed by atoms with Crippen molar-refractivity contribution in [2.75, 3.05) is 29.5 Å². The molecule has 3 aromatic heterocycles. The second-order valence-corrected chi connectivity index (χ2v) is 9.14. The molecule has 1 amide bonds. The molecule has 4 rings (SSSR count). The summed E-state index contributed by atoms with van der Waals surface area (Å²) in [6, 6.07) is 3.27. The Balaban J connectivity index is 1.93. The molecule has 2 N–H and O–H groups in total. The molecule has 0 bridgehead atoms. The second-order valence-electron chi connectivity index (χ2n) is 7.12. The summed E-state index contributed by atoms with van der Waals surface area (Å²) >= 11 is 0. The molecule has 1 aliphatic heterocycles. The van der Waals surface area contributed by atoms with E-state index in [0.29, 0.717) is 35.2 Å².